The second-order valence-corrected chi connectivity index (χ2v) is 5.72. The van der Waals surface area contributed by atoms with Gasteiger partial charge in [-0.25, -0.2) is 14.0 Å². The van der Waals surface area contributed by atoms with Crippen molar-refractivity contribution in [3.05, 3.63) is 58.2 Å². The van der Waals surface area contributed by atoms with Crippen molar-refractivity contribution < 1.29 is 23.5 Å². The Labute approximate surface area is 150 Å². The number of nitriles is 1. The van der Waals surface area contributed by atoms with E-state index >= 15 is 0 Å². The van der Waals surface area contributed by atoms with Gasteiger partial charge in [0.15, 0.2) is 0 Å². The molecule has 1 aromatic carbocycles. The molecule has 0 saturated heterocycles. The average molecular weight is 358 g/mol. The van der Waals surface area contributed by atoms with E-state index in [1.54, 1.807) is 13.8 Å². The largest absolute Gasteiger partial charge is 0.466 e. The van der Waals surface area contributed by atoms with Crippen LogP contribution in [0.2, 0.25) is 0 Å². The van der Waals surface area contributed by atoms with Crippen LogP contribution in [0.5, 0.6) is 0 Å². The summed E-state index contributed by atoms with van der Waals surface area (Å²) in [4.78, 5) is 25.0. The maximum atomic E-state index is 13.3. The molecular weight excluding hydrogens is 339 g/mol. The van der Waals surface area contributed by atoms with Crippen LogP contribution in [0.3, 0.4) is 0 Å². The molecule has 6 nitrogen and oxygen atoms in total. The Morgan fingerprint density at radius 1 is 1.15 bits per heavy atom. The molecular formula is C19H19FN2O4. The number of methoxy groups -OCH3 is 1. The zero-order valence-corrected chi connectivity index (χ0v) is 14.8. The third kappa shape index (κ3) is 3.91. The fourth-order valence-electron chi connectivity index (χ4n) is 2.90. The van der Waals surface area contributed by atoms with Gasteiger partial charge in [-0.3, -0.25) is 0 Å². The Bertz CT molecular complexity index is 819. The molecule has 1 aliphatic heterocycles. The van der Waals surface area contributed by atoms with E-state index < -0.39 is 23.7 Å². The highest BCUT2D eigenvalue weighted by atomic mass is 19.1. The number of ether oxygens (including phenoxy) is 2. The Morgan fingerprint density at radius 2 is 1.73 bits per heavy atom. The molecule has 136 valence electrons. The van der Waals surface area contributed by atoms with E-state index in [-0.39, 0.29) is 24.2 Å². The van der Waals surface area contributed by atoms with E-state index in [0.29, 0.717) is 17.0 Å². The zero-order chi connectivity index (χ0) is 19.3. The highest BCUT2D eigenvalue weighted by molar-refractivity contribution is 5.99. The van der Waals surface area contributed by atoms with Gasteiger partial charge in [-0.15, -0.1) is 0 Å². The van der Waals surface area contributed by atoms with Gasteiger partial charge in [0.05, 0.1) is 36.7 Å². The van der Waals surface area contributed by atoms with E-state index in [9.17, 15) is 14.0 Å². The van der Waals surface area contributed by atoms with Gasteiger partial charge in [0.1, 0.15) is 12.4 Å². The first-order valence-electron chi connectivity index (χ1n) is 7.97. The molecule has 26 heavy (non-hydrogen) atoms. The van der Waals surface area contributed by atoms with Gasteiger partial charge < -0.3 is 14.8 Å². The molecule has 1 aliphatic rings. The first-order valence-corrected chi connectivity index (χ1v) is 7.97. The summed E-state index contributed by atoms with van der Waals surface area (Å²) in [5.74, 6) is -2.44. The minimum Gasteiger partial charge on any atom is -0.466 e. The maximum Gasteiger partial charge on any atom is 0.336 e. The summed E-state index contributed by atoms with van der Waals surface area (Å²) in [6.07, 6.45) is 0.0609. The van der Waals surface area contributed by atoms with Crippen molar-refractivity contribution in [3.63, 3.8) is 0 Å². The van der Waals surface area contributed by atoms with Gasteiger partial charge in [-0.1, -0.05) is 12.1 Å². The Balaban J connectivity index is 2.54. The molecule has 2 rings (SSSR count). The summed E-state index contributed by atoms with van der Waals surface area (Å²) in [5, 5.41) is 11.6. The van der Waals surface area contributed by atoms with Crippen molar-refractivity contribution in [1.82, 2.24) is 5.32 Å². The number of nitrogens with one attached hydrogen (secondary N) is 1. The molecule has 0 amide bonds. The number of carbonyl (C=O) groups is 2. The number of dihydropyridines is 1. The number of benzene rings is 1. The lowest BCUT2D eigenvalue weighted by atomic mass is 9.80. The first kappa shape index (κ1) is 19.2. The van der Waals surface area contributed by atoms with Crippen LogP contribution in [0.15, 0.2) is 46.8 Å². The van der Waals surface area contributed by atoms with Gasteiger partial charge >= 0.3 is 11.9 Å². The number of hydrogen-bond acceptors (Lipinski definition) is 6. The zero-order valence-electron chi connectivity index (χ0n) is 14.8. The number of halogens is 1. The molecule has 0 fully saturated rings. The number of nitrogens with zero attached hydrogens (tertiary/aromatic N) is 1. The van der Waals surface area contributed by atoms with E-state index in [4.69, 9.17) is 14.7 Å². The third-order valence-corrected chi connectivity index (χ3v) is 4.04. The molecule has 0 saturated carbocycles. The normalized spacial score (nSPS) is 16.7. The van der Waals surface area contributed by atoms with Crippen LogP contribution >= 0.6 is 0 Å². The number of rotatable bonds is 5. The number of hydrogen-bond donors (Lipinski definition) is 1. The molecule has 0 radical (unpaired) electrons. The van der Waals surface area contributed by atoms with Crippen molar-refractivity contribution in [2.45, 2.75) is 26.2 Å². The van der Waals surface area contributed by atoms with Crippen LogP contribution in [-0.4, -0.2) is 25.7 Å². The summed E-state index contributed by atoms with van der Waals surface area (Å²) in [7, 11) is 1.25. The lowest BCUT2D eigenvalue weighted by Crippen LogP contribution is -2.32. The summed E-state index contributed by atoms with van der Waals surface area (Å²) in [6, 6.07) is 7.44. The van der Waals surface area contributed by atoms with Crippen LogP contribution in [-0.2, 0) is 19.1 Å². The predicted octanol–water partition coefficient (Wildman–Crippen LogP) is 2.69. The Kier molecular flexibility index (Phi) is 6.12. The predicted molar refractivity (Wildman–Crippen MR) is 90.9 cm³/mol. The van der Waals surface area contributed by atoms with E-state index in [1.165, 1.54) is 31.4 Å². The molecule has 7 heteroatoms. The monoisotopic (exact) mass is 358 g/mol. The highest BCUT2D eigenvalue weighted by Crippen LogP contribution is 2.39. The van der Waals surface area contributed by atoms with E-state index in [2.05, 4.69) is 5.32 Å². The smallest absolute Gasteiger partial charge is 0.336 e. The van der Waals surface area contributed by atoms with Crippen molar-refractivity contribution in [3.8, 4) is 6.07 Å². The van der Waals surface area contributed by atoms with Crippen molar-refractivity contribution >= 4 is 11.9 Å². The summed E-state index contributed by atoms with van der Waals surface area (Å²) in [6.45, 7) is 3.33. The summed E-state index contributed by atoms with van der Waals surface area (Å²) in [5.41, 5.74) is 2.08. The van der Waals surface area contributed by atoms with Gasteiger partial charge in [0.2, 0.25) is 0 Å². The topological polar surface area (TPSA) is 88.4 Å². The molecule has 1 aromatic rings. The van der Waals surface area contributed by atoms with Gasteiger partial charge in [-0.2, -0.15) is 5.26 Å². The van der Waals surface area contributed by atoms with E-state index in [0.717, 1.165) is 0 Å². The molecule has 1 unspecified atom stereocenters. The fraction of sp³-hybridized carbons (Fsp3) is 0.316. The molecule has 1 atom stereocenters. The molecule has 0 aromatic heterocycles. The second-order valence-electron chi connectivity index (χ2n) is 5.72. The van der Waals surface area contributed by atoms with Crippen molar-refractivity contribution in [1.29, 1.82) is 5.26 Å². The van der Waals surface area contributed by atoms with Crippen molar-refractivity contribution in [2.75, 3.05) is 13.7 Å². The van der Waals surface area contributed by atoms with E-state index in [1.807, 2.05) is 6.07 Å². The standard InChI is InChI=1S/C19H19FN2O4/c1-11-15(18(23)25-3)17(13-5-7-14(20)8-6-13)16(12(2)22-11)19(24)26-10-4-9-21/h5-8,17,22H,4,10H2,1-3H3. The molecule has 0 spiro atoms. The van der Waals surface area contributed by atoms with Crippen molar-refractivity contribution in [2.24, 2.45) is 0 Å². The van der Waals surface area contributed by atoms with Crippen LogP contribution in [0.25, 0.3) is 0 Å². The SMILES string of the molecule is COC(=O)C1=C(C)NC(C)=C(C(=O)OCCC#N)C1c1ccc(F)cc1. The number of esters is 2. The second kappa shape index (κ2) is 8.30. The fourth-order valence-corrected chi connectivity index (χ4v) is 2.90. The maximum absolute atomic E-state index is 13.3. The van der Waals surface area contributed by atoms with Gasteiger partial charge in [0.25, 0.3) is 0 Å². The Hall–Kier alpha value is -3.14. The van der Waals surface area contributed by atoms with Crippen LogP contribution in [0.1, 0.15) is 31.7 Å². The number of carbonyl (C=O) groups excluding carboxylic acids is 2. The number of allylic oxidation sites excluding steroid dienone is 2. The quantitative estimate of drug-likeness (QED) is 0.643. The van der Waals surface area contributed by atoms with Crippen LogP contribution in [0.4, 0.5) is 4.39 Å². The summed E-state index contributed by atoms with van der Waals surface area (Å²) < 4.78 is 23.4. The third-order valence-electron chi connectivity index (χ3n) is 4.04. The Morgan fingerprint density at radius 3 is 2.27 bits per heavy atom. The van der Waals surface area contributed by atoms with Crippen LogP contribution < -0.4 is 5.32 Å². The lowest BCUT2D eigenvalue weighted by Gasteiger charge is -2.30. The van der Waals surface area contributed by atoms with Crippen LogP contribution in [0, 0.1) is 17.1 Å². The minimum atomic E-state index is -0.765. The molecule has 1 heterocycles. The van der Waals surface area contributed by atoms with Gasteiger partial charge in [0, 0.05) is 11.4 Å². The summed E-state index contributed by atoms with van der Waals surface area (Å²) >= 11 is 0. The molecule has 1 N–H and O–H groups in total. The minimum absolute atomic E-state index is 0.0570. The molecule has 0 aliphatic carbocycles. The lowest BCUT2D eigenvalue weighted by molar-refractivity contribution is -0.139. The first-order chi connectivity index (χ1) is 12.4. The average Bonchev–Trinajstić information content (AvgIpc) is 2.61. The molecule has 0 bridgehead atoms. The van der Waals surface area contributed by atoms with Gasteiger partial charge in [-0.05, 0) is 31.5 Å². The highest BCUT2D eigenvalue weighted by Gasteiger charge is 2.37.